The van der Waals surface area contributed by atoms with E-state index in [0.29, 0.717) is 0 Å². The molecule has 5 heteroatoms. The fraction of sp³-hybridized carbons (Fsp3) is 0.600. The van der Waals surface area contributed by atoms with Gasteiger partial charge in [-0.1, -0.05) is 0 Å². The van der Waals surface area contributed by atoms with Crippen LogP contribution in [0, 0.1) is 0 Å². The number of likely N-dealkylation sites (N-methyl/N-ethyl adjacent to an activating group) is 1. The Balaban J connectivity index is 1.90. The molecule has 0 aliphatic carbocycles. The maximum absolute atomic E-state index is 9.91. The number of piperazine rings is 1. The molecule has 3 N–H and O–H groups in total. The summed E-state index contributed by atoms with van der Waals surface area (Å²) >= 11 is 0. The third kappa shape index (κ3) is 3.85. The number of benzene rings is 1. The molecule has 1 aromatic carbocycles. The minimum Gasteiger partial charge on any atom is -0.508 e. The van der Waals surface area contributed by atoms with Crippen LogP contribution in [0.1, 0.15) is 18.5 Å². The molecule has 1 unspecified atom stereocenters. The van der Waals surface area contributed by atoms with Crippen molar-refractivity contribution < 1.29 is 10.2 Å². The smallest absolute Gasteiger partial charge is 0.120 e. The Bertz CT molecular complexity index is 433. The second-order valence-electron chi connectivity index (χ2n) is 5.49. The molecule has 2 rings (SSSR count). The number of phenolic OH excluding ortho intramolecular Hbond substituents is 2. The molecule has 0 bridgehead atoms. The molecule has 1 aliphatic heterocycles. The quantitative estimate of drug-likeness (QED) is 0.702. The molecule has 1 atom stereocenters. The largest absolute Gasteiger partial charge is 0.508 e. The van der Waals surface area contributed by atoms with Gasteiger partial charge in [-0.15, -0.1) is 0 Å². The summed E-state index contributed by atoms with van der Waals surface area (Å²) in [6.45, 7) is 8.34. The first-order valence-corrected chi connectivity index (χ1v) is 7.23. The van der Waals surface area contributed by atoms with Gasteiger partial charge in [0.15, 0.2) is 0 Å². The molecule has 1 aromatic rings. The standard InChI is InChI=1S/C15H25N3O2/c1-12(14-11-13(19)3-4-15(14)20)17(2)9-10-18-7-5-16-6-8-18/h3-4,11-12,16,19-20H,5-10H2,1-2H3. The monoisotopic (exact) mass is 279 g/mol. The first-order chi connectivity index (χ1) is 9.58. The minimum atomic E-state index is 0.0741. The van der Waals surface area contributed by atoms with Crippen molar-refractivity contribution in [1.82, 2.24) is 15.1 Å². The summed E-state index contributed by atoms with van der Waals surface area (Å²) in [6, 6.07) is 4.77. The van der Waals surface area contributed by atoms with E-state index in [1.807, 2.05) is 6.92 Å². The molecular formula is C15H25N3O2. The zero-order chi connectivity index (χ0) is 14.5. The van der Waals surface area contributed by atoms with Gasteiger partial charge in [0.05, 0.1) is 0 Å². The van der Waals surface area contributed by atoms with Crippen molar-refractivity contribution in [1.29, 1.82) is 0 Å². The Labute approximate surface area is 120 Å². The summed E-state index contributed by atoms with van der Waals surface area (Å²) in [5.41, 5.74) is 0.771. The second kappa shape index (κ2) is 6.92. The molecule has 0 saturated carbocycles. The number of rotatable bonds is 5. The van der Waals surface area contributed by atoms with Crippen LogP contribution in [0.4, 0.5) is 0 Å². The first kappa shape index (κ1) is 15.1. The summed E-state index contributed by atoms with van der Waals surface area (Å²) < 4.78 is 0. The van der Waals surface area contributed by atoms with Gasteiger partial charge in [0, 0.05) is 50.9 Å². The summed E-state index contributed by atoms with van der Waals surface area (Å²) in [6.07, 6.45) is 0. The normalized spacial score (nSPS) is 18.4. The molecule has 0 radical (unpaired) electrons. The minimum absolute atomic E-state index is 0.0741. The number of phenols is 2. The first-order valence-electron chi connectivity index (χ1n) is 7.23. The van der Waals surface area contributed by atoms with Gasteiger partial charge in [-0.2, -0.15) is 0 Å². The lowest BCUT2D eigenvalue weighted by atomic mass is 10.1. The molecule has 5 nitrogen and oxygen atoms in total. The highest BCUT2D eigenvalue weighted by Crippen LogP contribution is 2.30. The Kier molecular flexibility index (Phi) is 5.23. The molecule has 112 valence electrons. The van der Waals surface area contributed by atoms with Crippen molar-refractivity contribution in [2.24, 2.45) is 0 Å². The van der Waals surface area contributed by atoms with E-state index in [-0.39, 0.29) is 17.5 Å². The van der Waals surface area contributed by atoms with E-state index in [4.69, 9.17) is 0 Å². The molecule has 1 aliphatic rings. The van der Waals surface area contributed by atoms with E-state index < -0.39 is 0 Å². The van der Waals surface area contributed by atoms with Crippen LogP contribution in [-0.2, 0) is 0 Å². The molecule has 20 heavy (non-hydrogen) atoms. The van der Waals surface area contributed by atoms with E-state index in [9.17, 15) is 10.2 Å². The van der Waals surface area contributed by atoms with Gasteiger partial charge in [-0.25, -0.2) is 0 Å². The van der Waals surface area contributed by atoms with Crippen LogP contribution in [0.5, 0.6) is 11.5 Å². The average molecular weight is 279 g/mol. The molecule has 0 spiro atoms. The zero-order valence-corrected chi connectivity index (χ0v) is 12.3. The van der Waals surface area contributed by atoms with Gasteiger partial charge in [-0.3, -0.25) is 9.80 Å². The number of nitrogens with one attached hydrogen (secondary N) is 1. The third-order valence-electron chi connectivity index (χ3n) is 4.10. The van der Waals surface area contributed by atoms with Crippen LogP contribution >= 0.6 is 0 Å². The summed E-state index contributed by atoms with van der Waals surface area (Å²) in [7, 11) is 2.05. The van der Waals surface area contributed by atoms with E-state index in [2.05, 4.69) is 22.2 Å². The molecule has 0 amide bonds. The average Bonchev–Trinajstić information content (AvgIpc) is 2.47. The van der Waals surface area contributed by atoms with Gasteiger partial charge in [0.2, 0.25) is 0 Å². The lowest BCUT2D eigenvalue weighted by Gasteiger charge is -2.31. The Morgan fingerprint density at radius 1 is 1.30 bits per heavy atom. The SMILES string of the molecule is CC(c1cc(O)ccc1O)N(C)CCN1CCNCC1. The maximum Gasteiger partial charge on any atom is 0.120 e. The zero-order valence-electron chi connectivity index (χ0n) is 12.3. The predicted octanol–water partition coefficient (Wildman–Crippen LogP) is 0.996. The molecule has 1 heterocycles. The molecule has 0 aromatic heterocycles. The molecule has 1 saturated heterocycles. The van der Waals surface area contributed by atoms with Gasteiger partial charge in [0.25, 0.3) is 0 Å². The van der Waals surface area contributed by atoms with Crippen molar-refractivity contribution in [3.8, 4) is 11.5 Å². The van der Waals surface area contributed by atoms with Crippen LogP contribution in [-0.4, -0.2) is 66.3 Å². The van der Waals surface area contributed by atoms with Crippen LogP contribution in [0.15, 0.2) is 18.2 Å². The van der Waals surface area contributed by atoms with Crippen LogP contribution in [0.3, 0.4) is 0 Å². The topological polar surface area (TPSA) is 59.0 Å². The van der Waals surface area contributed by atoms with Crippen molar-refractivity contribution in [3.63, 3.8) is 0 Å². The second-order valence-corrected chi connectivity index (χ2v) is 5.49. The summed E-state index contributed by atoms with van der Waals surface area (Å²) in [5, 5.41) is 22.8. The van der Waals surface area contributed by atoms with Crippen LogP contribution in [0.25, 0.3) is 0 Å². The predicted molar refractivity (Wildman–Crippen MR) is 80.1 cm³/mol. The van der Waals surface area contributed by atoms with Gasteiger partial charge in [0.1, 0.15) is 11.5 Å². The van der Waals surface area contributed by atoms with E-state index in [0.717, 1.165) is 44.8 Å². The van der Waals surface area contributed by atoms with Crippen molar-refractivity contribution in [2.75, 3.05) is 46.3 Å². The highest BCUT2D eigenvalue weighted by molar-refractivity contribution is 5.40. The molecular weight excluding hydrogens is 254 g/mol. The summed E-state index contributed by atoms with van der Waals surface area (Å²) in [5.74, 6) is 0.435. The van der Waals surface area contributed by atoms with E-state index in [1.165, 1.54) is 6.07 Å². The lowest BCUT2D eigenvalue weighted by molar-refractivity contribution is 0.181. The van der Waals surface area contributed by atoms with Crippen molar-refractivity contribution >= 4 is 0 Å². The van der Waals surface area contributed by atoms with E-state index >= 15 is 0 Å². The Hall–Kier alpha value is -1.30. The number of aromatic hydroxyl groups is 2. The van der Waals surface area contributed by atoms with Gasteiger partial charge >= 0.3 is 0 Å². The van der Waals surface area contributed by atoms with Crippen LogP contribution < -0.4 is 5.32 Å². The van der Waals surface area contributed by atoms with Crippen LogP contribution in [0.2, 0.25) is 0 Å². The number of nitrogens with zero attached hydrogens (tertiary/aromatic N) is 2. The van der Waals surface area contributed by atoms with Crippen molar-refractivity contribution in [2.45, 2.75) is 13.0 Å². The van der Waals surface area contributed by atoms with Gasteiger partial charge in [-0.05, 0) is 32.2 Å². The summed E-state index contributed by atoms with van der Waals surface area (Å²) in [4.78, 5) is 4.65. The number of hydrogen-bond acceptors (Lipinski definition) is 5. The highest BCUT2D eigenvalue weighted by atomic mass is 16.3. The van der Waals surface area contributed by atoms with Crippen molar-refractivity contribution in [3.05, 3.63) is 23.8 Å². The number of hydrogen-bond donors (Lipinski definition) is 3. The Morgan fingerprint density at radius 2 is 2.00 bits per heavy atom. The maximum atomic E-state index is 9.91. The van der Waals surface area contributed by atoms with Gasteiger partial charge < -0.3 is 15.5 Å². The van der Waals surface area contributed by atoms with E-state index in [1.54, 1.807) is 12.1 Å². The Morgan fingerprint density at radius 3 is 2.70 bits per heavy atom. The highest BCUT2D eigenvalue weighted by Gasteiger charge is 2.17. The fourth-order valence-corrected chi connectivity index (χ4v) is 2.54. The third-order valence-corrected chi connectivity index (χ3v) is 4.10. The molecule has 1 fully saturated rings. The fourth-order valence-electron chi connectivity index (χ4n) is 2.54. The lowest BCUT2D eigenvalue weighted by Crippen LogP contribution is -2.46.